The van der Waals surface area contributed by atoms with Crippen LogP contribution in [0.15, 0.2) is 188 Å². The number of hydrogen-bond acceptors (Lipinski definition) is 1. The largest absolute Gasteiger partial charge is 0.309 e. The van der Waals surface area contributed by atoms with Crippen molar-refractivity contribution < 1.29 is 0 Å². The highest BCUT2D eigenvalue weighted by molar-refractivity contribution is 6.12. The average Bonchev–Trinajstić information content (AvgIpc) is 3.71. The van der Waals surface area contributed by atoms with E-state index >= 15 is 0 Å². The molecule has 0 fully saturated rings. The first-order valence-electron chi connectivity index (χ1n) is 17.0. The molecule has 0 radical (unpaired) electrons. The minimum absolute atomic E-state index is 0.957. The van der Waals surface area contributed by atoms with Gasteiger partial charge in [0, 0.05) is 39.1 Å². The summed E-state index contributed by atoms with van der Waals surface area (Å²) in [7, 11) is 0. The van der Waals surface area contributed by atoms with Crippen LogP contribution in [0.4, 0.5) is 0 Å². The van der Waals surface area contributed by atoms with Crippen LogP contribution in [0.2, 0.25) is 0 Å². The molecule has 0 atom stereocenters. The first-order chi connectivity index (χ1) is 24.8. The van der Waals surface area contributed by atoms with Crippen molar-refractivity contribution in [1.82, 2.24) is 14.1 Å². The minimum Gasteiger partial charge on any atom is -0.309 e. The molecule has 0 aliphatic carbocycles. The van der Waals surface area contributed by atoms with E-state index in [2.05, 4.69) is 185 Å². The second-order valence-corrected chi connectivity index (χ2v) is 12.9. The molecule has 3 aromatic heterocycles. The molecule has 50 heavy (non-hydrogen) atoms. The molecular formula is C47H31N3. The van der Waals surface area contributed by atoms with Gasteiger partial charge in [-0.05, 0) is 94.0 Å². The Morgan fingerprint density at radius 1 is 0.300 bits per heavy atom. The van der Waals surface area contributed by atoms with E-state index in [9.17, 15) is 0 Å². The first-order valence-corrected chi connectivity index (χ1v) is 17.0. The number of nitrogens with zero attached hydrogens (tertiary/aromatic N) is 3. The fourth-order valence-electron chi connectivity index (χ4n) is 7.63. The molecule has 10 aromatic rings. The van der Waals surface area contributed by atoms with Crippen LogP contribution in [0.3, 0.4) is 0 Å². The monoisotopic (exact) mass is 637 g/mol. The van der Waals surface area contributed by atoms with Gasteiger partial charge in [0.1, 0.15) is 5.65 Å². The molecule has 0 bridgehead atoms. The Kier molecular flexibility index (Phi) is 6.49. The Hall–Kier alpha value is -6.71. The minimum atomic E-state index is 0.957. The zero-order valence-corrected chi connectivity index (χ0v) is 27.2. The van der Waals surface area contributed by atoms with Gasteiger partial charge in [-0.15, -0.1) is 0 Å². The summed E-state index contributed by atoms with van der Waals surface area (Å²) in [6.45, 7) is 0. The van der Waals surface area contributed by atoms with Gasteiger partial charge in [0.25, 0.3) is 0 Å². The van der Waals surface area contributed by atoms with Gasteiger partial charge in [0.05, 0.1) is 16.6 Å². The summed E-state index contributed by atoms with van der Waals surface area (Å²) in [6, 6.07) is 65.5. The van der Waals surface area contributed by atoms with Crippen molar-refractivity contribution in [3.05, 3.63) is 188 Å². The van der Waals surface area contributed by atoms with Crippen LogP contribution in [-0.4, -0.2) is 14.1 Å². The lowest BCUT2D eigenvalue weighted by Gasteiger charge is -2.12. The van der Waals surface area contributed by atoms with Gasteiger partial charge in [0.2, 0.25) is 0 Å². The summed E-state index contributed by atoms with van der Waals surface area (Å²) < 4.78 is 4.70. The van der Waals surface area contributed by atoms with Crippen molar-refractivity contribution in [1.29, 1.82) is 0 Å². The van der Waals surface area contributed by atoms with Crippen molar-refractivity contribution in [2.45, 2.75) is 0 Å². The van der Waals surface area contributed by atoms with Crippen LogP contribution in [-0.2, 0) is 0 Å². The van der Waals surface area contributed by atoms with E-state index in [1.807, 2.05) is 12.3 Å². The molecule has 0 N–H and O–H groups in total. The number of pyridine rings is 1. The Labute approximate surface area is 290 Å². The first kappa shape index (κ1) is 28.3. The predicted octanol–water partition coefficient (Wildman–Crippen LogP) is 12.3. The quantitative estimate of drug-likeness (QED) is 0.184. The number of rotatable bonds is 5. The highest BCUT2D eigenvalue weighted by Crippen LogP contribution is 2.38. The SMILES string of the molecule is c1ccc(-c2cccc(-n3c4ccccc4c4ccc(-c5ccc6c(c5)c5cccnc5n6-c5cccc(-c6ccccc6)c5)cc43)c2)cc1. The summed E-state index contributed by atoms with van der Waals surface area (Å²) in [5.74, 6) is 0. The fourth-order valence-corrected chi connectivity index (χ4v) is 7.63. The predicted molar refractivity (Wildman–Crippen MR) is 209 cm³/mol. The maximum Gasteiger partial charge on any atom is 0.145 e. The Bertz CT molecular complexity index is 2860. The van der Waals surface area contributed by atoms with Gasteiger partial charge in [-0.2, -0.15) is 0 Å². The fraction of sp³-hybridized carbons (Fsp3) is 0. The molecule has 234 valence electrons. The third-order valence-corrected chi connectivity index (χ3v) is 9.96. The number of para-hydroxylation sites is 1. The van der Waals surface area contributed by atoms with Crippen molar-refractivity contribution in [2.75, 3.05) is 0 Å². The molecule has 3 nitrogen and oxygen atoms in total. The Morgan fingerprint density at radius 2 is 0.840 bits per heavy atom. The van der Waals surface area contributed by atoms with E-state index in [0.29, 0.717) is 0 Å². The smallest absolute Gasteiger partial charge is 0.145 e. The molecule has 0 amide bonds. The van der Waals surface area contributed by atoms with E-state index in [0.717, 1.165) is 27.9 Å². The molecule has 7 aromatic carbocycles. The number of aromatic nitrogens is 3. The number of hydrogen-bond donors (Lipinski definition) is 0. The molecule has 3 heteroatoms. The molecule has 0 saturated heterocycles. The molecular weight excluding hydrogens is 607 g/mol. The molecule has 3 heterocycles. The summed E-state index contributed by atoms with van der Waals surface area (Å²) >= 11 is 0. The normalized spacial score (nSPS) is 11.6. The van der Waals surface area contributed by atoms with E-state index in [-0.39, 0.29) is 0 Å². The molecule has 0 unspecified atom stereocenters. The maximum atomic E-state index is 4.90. The molecule has 0 saturated carbocycles. The number of benzene rings is 7. The molecule has 0 aliphatic rings. The third-order valence-electron chi connectivity index (χ3n) is 9.96. The second-order valence-electron chi connectivity index (χ2n) is 12.9. The Morgan fingerprint density at radius 3 is 1.58 bits per heavy atom. The lowest BCUT2D eigenvalue weighted by atomic mass is 10.0. The maximum absolute atomic E-state index is 4.90. The molecule has 0 aliphatic heterocycles. The van der Waals surface area contributed by atoms with Crippen LogP contribution in [0.5, 0.6) is 0 Å². The van der Waals surface area contributed by atoms with Crippen LogP contribution < -0.4 is 0 Å². The van der Waals surface area contributed by atoms with Crippen LogP contribution in [0.1, 0.15) is 0 Å². The zero-order valence-electron chi connectivity index (χ0n) is 27.2. The van der Waals surface area contributed by atoms with Crippen molar-refractivity contribution in [3.8, 4) is 44.8 Å². The summed E-state index contributed by atoms with van der Waals surface area (Å²) in [5.41, 5.74) is 13.9. The number of fused-ring (bicyclic) bond motifs is 6. The average molecular weight is 638 g/mol. The molecule has 0 spiro atoms. The highest BCUT2D eigenvalue weighted by Gasteiger charge is 2.17. The summed E-state index contributed by atoms with van der Waals surface area (Å²) in [6.07, 6.45) is 1.89. The third kappa shape index (κ3) is 4.56. The lowest BCUT2D eigenvalue weighted by molar-refractivity contribution is 1.14. The van der Waals surface area contributed by atoms with Crippen LogP contribution >= 0.6 is 0 Å². The van der Waals surface area contributed by atoms with Crippen molar-refractivity contribution in [2.24, 2.45) is 0 Å². The van der Waals surface area contributed by atoms with Crippen LogP contribution in [0, 0.1) is 0 Å². The van der Waals surface area contributed by atoms with Gasteiger partial charge in [-0.3, -0.25) is 4.57 Å². The van der Waals surface area contributed by atoms with E-state index in [4.69, 9.17) is 4.98 Å². The highest BCUT2D eigenvalue weighted by atomic mass is 15.0. The second kappa shape index (κ2) is 11.5. The van der Waals surface area contributed by atoms with Crippen molar-refractivity contribution >= 4 is 43.7 Å². The van der Waals surface area contributed by atoms with Crippen LogP contribution in [0.25, 0.3) is 88.5 Å². The summed E-state index contributed by atoms with van der Waals surface area (Å²) in [4.78, 5) is 4.90. The van der Waals surface area contributed by atoms with E-state index in [1.165, 1.54) is 60.6 Å². The zero-order chi connectivity index (χ0) is 33.0. The Balaban J connectivity index is 1.14. The van der Waals surface area contributed by atoms with Gasteiger partial charge in [0.15, 0.2) is 0 Å². The van der Waals surface area contributed by atoms with Gasteiger partial charge in [-0.25, -0.2) is 4.98 Å². The standard InChI is InChI=1S/C47H31N3/c1-3-12-32(13-4-1)34-16-9-18-38(28-34)49-44-22-8-7-20-40(44)41-25-23-37(31-46(41)49)36-24-26-45-43(30-36)42-21-11-27-48-47(42)50(45)39-19-10-17-35(29-39)33-14-5-2-6-15-33/h1-31H. The molecule has 10 rings (SSSR count). The van der Waals surface area contributed by atoms with E-state index in [1.54, 1.807) is 0 Å². The summed E-state index contributed by atoms with van der Waals surface area (Å²) in [5, 5.41) is 4.82. The van der Waals surface area contributed by atoms with Gasteiger partial charge < -0.3 is 4.57 Å². The topological polar surface area (TPSA) is 22.8 Å². The van der Waals surface area contributed by atoms with Crippen molar-refractivity contribution in [3.63, 3.8) is 0 Å². The van der Waals surface area contributed by atoms with E-state index < -0.39 is 0 Å². The van der Waals surface area contributed by atoms with Gasteiger partial charge in [-0.1, -0.05) is 121 Å². The van der Waals surface area contributed by atoms with Gasteiger partial charge >= 0.3 is 0 Å². The lowest BCUT2D eigenvalue weighted by Crippen LogP contribution is -1.96.